The van der Waals surface area contributed by atoms with Gasteiger partial charge in [-0.25, -0.2) is 0 Å². The summed E-state index contributed by atoms with van der Waals surface area (Å²) in [4.78, 5) is 0. The highest BCUT2D eigenvalue weighted by Gasteiger charge is 2.18. The van der Waals surface area contributed by atoms with Crippen molar-refractivity contribution in [3.63, 3.8) is 0 Å². The van der Waals surface area contributed by atoms with Crippen LogP contribution in [0.2, 0.25) is 0 Å². The van der Waals surface area contributed by atoms with Crippen LogP contribution in [0.15, 0.2) is 78.9 Å². The van der Waals surface area contributed by atoms with E-state index in [2.05, 4.69) is 41.7 Å². The quantitative estimate of drug-likeness (QED) is 0.623. The maximum absolute atomic E-state index is 6.16. The number of hydrogen-bond acceptors (Lipinski definition) is 3. The number of benzene rings is 3. The molecule has 0 radical (unpaired) electrons. The first-order valence-electron chi connectivity index (χ1n) is 9.59. The second-order valence-electron chi connectivity index (χ2n) is 6.90. The van der Waals surface area contributed by atoms with E-state index in [0.717, 1.165) is 29.2 Å². The number of rotatable bonds is 7. The molecule has 1 aliphatic heterocycles. The van der Waals surface area contributed by atoms with Crippen LogP contribution in [0.4, 0.5) is 0 Å². The molecule has 1 saturated heterocycles. The van der Waals surface area contributed by atoms with E-state index in [1.54, 1.807) is 0 Å². The number of ether oxygens (including phenoxy) is 2. The van der Waals surface area contributed by atoms with Gasteiger partial charge in [0.25, 0.3) is 0 Å². The predicted molar refractivity (Wildman–Crippen MR) is 108 cm³/mol. The van der Waals surface area contributed by atoms with Crippen LogP contribution in [0.25, 0.3) is 0 Å². The normalized spacial score (nSPS) is 16.2. The summed E-state index contributed by atoms with van der Waals surface area (Å²) >= 11 is 0. The van der Waals surface area contributed by atoms with Gasteiger partial charge in [-0.15, -0.1) is 0 Å². The van der Waals surface area contributed by atoms with Gasteiger partial charge in [-0.1, -0.05) is 66.7 Å². The third-order valence-electron chi connectivity index (χ3n) is 4.90. The average Bonchev–Trinajstić information content (AvgIpc) is 3.27. The third-order valence-corrected chi connectivity index (χ3v) is 4.90. The van der Waals surface area contributed by atoms with Gasteiger partial charge in [-0.2, -0.15) is 0 Å². The fourth-order valence-corrected chi connectivity index (χ4v) is 3.41. The van der Waals surface area contributed by atoms with E-state index < -0.39 is 0 Å². The van der Waals surface area contributed by atoms with E-state index in [9.17, 15) is 0 Å². The Bertz CT molecular complexity index is 843. The fraction of sp³-hybridized carbons (Fsp3) is 0.250. The van der Waals surface area contributed by atoms with Crippen molar-refractivity contribution < 1.29 is 9.47 Å². The zero-order valence-electron chi connectivity index (χ0n) is 15.4. The standard InChI is InChI=1S/C24H25NO2/c1-3-8-19(9-4-1)17-26-23-14-13-21(22-12-7-15-25-22)16-24(23)27-18-20-10-5-2-6-11-20/h1-6,8-11,13-14,16,22,25H,7,12,15,17-18H2. The largest absolute Gasteiger partial charge is 0.485 e. The molecule has 1 unspecified atom stereocenters. The first-order valence-corrected chi connectivity index (χ1v) is 9.59. The van der Waals surface area contributed by atoms with Gasteiger partial charge in [0.15, 0.2) is 11.5 Å². The maximum atomic E-state index is 6.16. The lowest BCUT2D eigenvalue weighted by Crippen LogP contribution is -2.13. The van der Waals surface area contributed by atoms with Gasteiger partial charge in [0.05, 0.1) is 0 Å². The summed E-state index contributed by atoms with van der Waals surface area (Å²) in [6.07, 6.45) is 2.39. The van der Waals surface area contributed by atoms with Gasteiger partial charge in [-0.3, -0.25) is 0 Å². The van der Waals surface area contributed by atoms with Crippen LogP contribution >= 0.6 is 0 Å². The minimum absolute atomic E-state index is 0.409. The van der Waals surface area contributed by atoms with Gasteiger partial charge in [-0.05, 0) is 48.2 Å². The lowest BCUT2D eigenvalue weighted by molar-refractivity contribution is 0.255. The maximum Gasteiger partial charge on any atom is 0.162 e. The molecular weight excluding hydrogens is 334 g/mol. The molecule has 1 aliphatic rings. The molecular formula is C24H25NO2. The average molecular weight is 359 g/mol. The molecule has 3 heteroatoms. The predicted octanol–water partition coefficient (Wildman–Crippen LogP) is 5.27. The lowest BCUT2D eigenvalue weighted by Gasteiger charge is -2.17. The van der Waals surface area contributed by atoms with E-state index in [4.69, 9.17) is 9.47 Å². The van der Waals surface area contributed by atoms with Crippen molar-refractivity contribution >= 4 is 0 Å². The minimum atomic E-state index is 0.409. The molecule has 1 fully saturated rings. The topological polar surface area (TPSA) is 30.5 Å². The molecule has 0 bridgehead atoms. The van der Waals surface area contributed by atoms with E-state index >= 15 is 0 Å². The third kappa shape index (κ3) is 4.69. The molecule has 1 atom stereocenters. The van der Waals surface area contributed by atoms with Gasteiger partial charge < -0.3 is 14.8 Å². The van der Waals surface area contributed by atoms with Crippen LogP contribution in [0.5, 0.6) is 11.5 Å². The number of hydrogen-bond donors (Lipinski definition) is 1. The second kappa shape index (κ2) is 8.74. The second-order valence-corrected chi connectivity index (χ2v) is 6.90. The Hall–Kier alpha value is -2.78. The van der Waals surface area contributed by atoms with Crippen LogP contribution in [0.1, 0.15) is 35.6 Å². The van der Waals surface area contributed by atoms with Gasteiger partial charge in [0, 0.05) is 6.04 Å². The van der Waals surface area contributed by atoms with Crippen LogP contribution < -0.4 is 14.8 Å². The van der Waals surface area contributed by atoms with E-state index in [1.807, 2.05) is 42.5 Å². The highest BCUT2D eigenvalue weighted by atomic mass is 16.5. The Balaban J connectivity index is 1.52. The van der Waals surface area contributed by atoms with E-state index in [-0.39, 0.29) is 0 Å². The summed E-state index contributed by atoms with van der Waals surface area (Å²) in [6.45, 7) is 2.14. The SMILES string of the molecule is c1ccc(COc2ccc(C3CCCN3)cc2OCc2ccccc2)cc1. The van der Waals surface area contributed by atoms with Crippen molar-refractivity contribution in [3.8, 4) is 11.5 Å². The first kappa shape index (κ1) is 17.6. The van der Waals surface area contributed by atoms with Gasteiger partial charge in [0.2, 0.25) is 0 Å². The summed E-state index contributed by atoms with van der Waals surface area (Å²) in [7, 11) is 0. The van der Waals surface area contributed by atoms with Crippen LogP contribution in [-0.2, 0) is 13.2 Å². The molecule has 0 amide bonds. The van der Waals surface area contributed by atoms with Crippen molar-refractivity contribution in [2.45, 2.75) is 32.1 Å². The molecule has 138 valence electrons. The Labute approximate surface area is 161 Å². The zero-order valence-corrected chi connectivity index (χ0v) is 15.4. The zero-order chi connectivity index (χ0) is 18.3. The molecule has 0 saturated carbocycles. The molecule has 3 aromatic carbocycles. The molecule has 4 rings (SSSR count). The Kier molecular flexibility index (Phi) is 5.70. The Morgan fingerprint density at radius 3 is 1.96 bits per heavy atom. The monoisotopic (exact) mass is 359 g/mol. The summed E-state index contributed by atoms with van der Waals surface area (Å²) in [5, 5.41) is 3.55. The molecule has 0 aliphatic carbocycles. The highest BCUT2D eigenvalue weighted by Crippen LogP contribution is 2.34. The smallest absolute Gasteiger partial charge is 0.162 e. The number of nitrogens with one attached hydrogen (secondary N) is 1. The van der Waals surface area contributed by atoms with Gasteiger partial charge >= 0.3 is 0 Å². The summed E-state index contributed by atoms with van der Waals surface area (Å²) in [6, 6.07) is 27.2. The van der Waals surface area contributed by atoms with E-state index in [1.165, 1.54) is 18.4 Å². The summed E-state index contributed by atoms with van der Waals surface area (Å²) in [5.74, 6) is 1.59. The van der Waals surface area contributed by atoms with Crippen molar-refractivity contribution in [2.24, 2.45) is 0 Å². The van der Waals surface area contributed by atoms with Crippen molar-refractivity contribution in [2.75, 3.05) is 6.54 Å². The molecule has 1 N–H and O–H groups in total. The first-order chi connectivity index (χ1) is 13.4. The Morgan fingerprint density at radius 1 is 0.741 bits per heavy atom. The molecule has 3 aromatic rings. The minimum Gasteiger partial charge on any atom is -0.485 e. The molecule has 27 heavy (non-hydrogen) atoms. The van der Waals surface area contributed by atoms with Crippen molar-refractivity contribution in [1.29, 1.82) is 0 Å². The molecule has 3 nitrogen and oxygen atoms in total. The molecule has 1 heterocycles. The van der Waals surface area contributed by atoms with Gasteiger partial charge in [0.1, 0.15) is 13.2 Å². The van der Waals surface area contributed by atoms with Crippen molar-refractivity contribution in [1.82, 2.24) is 5.32 Å². The lowest BCUT2D eigenvalue weighted by atomic mass is 10.0. The highest BCUT2D eigenvalue weighted by molar-refractivity contribution is 5.44. The molecule has 0 spiro atoms. The fourth-order valence-electron chi connectivity index (χ4n) is 3.41. The molecule has 0 aromatic heterocycles. The van der Waals surface area contributed by atoms with Crippen LogP contribution in [0, 0.1) is 0 Å². The van der Waals surface area contributed by atoms with Crippen molar-refractivity contribution in [3.05, 3.63) is 95.6 Å². The summed E-state index contributed by atoms with van der Waals surface area (Å²) < 4.78 is 12.2. The van der Waals surface area contributed by atoms with Crippen LogP contribution in [0.3, 0.4) is 0 Å². The Morgan fingerprint density at radius 2 is 1.37 bits per heavy atom. The van der Waals surface area contributed by atoms with Crippen LogP contribution in [-0.4, -0.2) is 6.54 Å². The summed E-state index contributed by atoms with van der Waals surface area (Å²) in [5.41, 5.74) is 3.56. The van der Waals surface area contributed by atoms with E-state index in [0.29, 0.717) is 19.3 Å².